The molecule has 0 saturated carbocycles. The van der Waals surface area contributed by atoms with E-state index in [1.807, 2.05) is 49.2 Å². The number of carbonyl (C=O) groups is 2. The van der Waals surface area contributed by atoms with Crippen molar-refractivity contribution in [2.75, 3.05) is 13.7 Å². The van der Waals surface area contributed by atoms with Crippen molar-refractivity contribution in [1.29, 1.82) is 0 Å². The third kappa shape index (κ3) is 3.35. The molecule has 5 nitrogen and oxygen atoms in total. The maximum absolute atomic E-state index is 13.1. The molecule has 2 aromatic rings. The van der Waals surface area contributed by atoms with Crippen molar-refractivity contribution in [2.24, 2.45) is 0 Å². The zero-order valence-corrected chi connectivity index (χ0v) is 15.5. The summed E-state index contributed by atoms with van der Waals surface area (Å²) in [5.74, 6) is -0.188. The van der Waals surface area contributed by atoms with Gasteiger partial charge < -0.3 is 5.32 Å². The third-order valence-electron chi connectivity index (χ3n) is 4.93. The lowest BCUT2D eigenvalue weighted by Gasteiger charge is -2.27. The standard InChI is InChI=1S/C21H25N3O2/c1-4-21(18-8-6-5-7-9-18)19(25)24(20(26)22-21)15-23(3)14-17-12-10-16(2)11-13-17/h5-13H,4,14-15H2,1-3H3,(H,22,26)/t21-/m1/s1. The fourth-order valence-corrected chi connectivity index (χ4v) is 3.41. The molecule has 1 aliphatic rings. The van der Waals surface area contributed by atoms with Gasteiger partial charge in [-0.05, 0) is 31.5 Å². The molecule has 0 aromatic heterocycles. The summed E-state index contributed by atoms with van der Waals surface area (Å²) in [5, 5.41) is 2.92. The molecule has 1 aliphatic heterocycles. The number of amides is 3. The zero-order chi connectivity index (χ0) is 18.7. The van der Waals surface area contributed by atoms with Gasteiger partial charge in [0.25, 0.3) is 5.91 Å². The van der Waals surface area contributed by atoms with Gasteiger partial charge in [0.2, 0.25) is 0 Å². The van der Waals surface area contributed by atoms with Crippen LogP contribution in [0.15, 0.2) is 54.6 Å². The monoisotopic (exact) mass is 351 g/mol. The summed E-state index contributed by atoms with van der Waals surface area (Å²) in [6, 6.07) is 17.4. The lowest BCUT2D eigenvalue weighted by atomic mass is 9.87. The topological polar surface area (TPSA) is 52.7 Å². The largest absolute Gasteiger partial charge is 0.326 e. The van der Waals surface area contributed by atoms with Crippen LogP contribution in [-0.4, -0.2) is 35.5 Å². The molecule has 0 aliphatic carbocycles. The molecule has 0 radical (unpaired) electrons. The molecule has 5 heteroatoms. The van der Waals surface area contributed by atoms with E-state index in [-0.39, 0.29) is 18.6 Å². The van der Waals surface area contributed by atoms with E-state index >= 15 is 0 Å². The number of benzene rings is 2. The second-order valence-electron chi connectivity index (χ2n) is 6.93. The molecular weight excluding hydrogens is 326 g/mol. The number of urea groups is 1. The number of hydrogen-bond donors (Lipinski definition) is 1. The lowest BCUT2D eigenvalue weighted by Crippen LogP contribution is -2.44. The molecule has 1 saturated heterocycles. The van der Waals surface area contributed by atoms with Crippen molar-refractivity contribution in [2.45, 2.75) is 32.4 Å². The van der Waals surface area contributed by atoms with E-state index in [2.05, 4.69) is 36.5 Å². The maximum Gasteiger partial charge on any atom is 0.326 e. The highest BCUT2D eigenvalue weighted by Crippen LogP contribution is 2.32. The Kier molecular flexibility index (Phi) is 5.09. The van der Waals surface area contributed by atoms with Crippen molar-refractivity contribution in [3.63, 3.8) is 0 Å². The van der Waals surface area contributed by atoms with Crippen molar-refractivity contribution < 1.29 is 9.59 Å². The van der Waals surface area contributed by atoms with Gasteiger partial charge in [-0.15, -0.1) is 0 Å². The number of hydrogen-bond acceptors (Lipinski definition) is 3. The Morgan fingerprint density at radius 3 is 2.31 bits per heavy atom. The van der Waals surface area contributed by atoms with Crippen molar-refractivity contribution in [3.05, 3.63) is 71.3 Å². The highest BCUT2D eigenvalue weighted by Gasteiger charge is 2.51. The molecule has 0 unspecified atom stereocenters. The Balaban J connectivity index is 1.75. The van der Waals surface area contributed by atoms with Crippen LogP contribution in [0.1, 0.15) is 30.0 Å². The van der Waals surface area contributed by atoms with Gasteiger partial charge in [-0.3, -0.25) is 9.69 Å². The predicted octanol–water partition coefficient (Wildman–Crippen LogP) is 3.24. The average molecular weight is 351 g/mol. The molecule has 1 fully saturated rings. The average Bonchev–Trinajstić information content (AvgIpc) is 2.89. The highest BCUT2D eigenvalue weighted by atomic mass is 16.2. The van der Waals surface area contributed by atoms with Crippen LogP contribution >= 0.6 is 0 Å². The number of nitrogens with zero attached hydrogens (tertiary/aromatic N) is 2. The van der Waals surface area contributed by atoms with Crippen LogP contribution in [0.25, 0.3) is 0 Å². The van der Waals surface area contributed by atoms with Crippen LogP contribution in [0, 0.1) is 6.92 Å². The smallest absolute Gasteiger partial charge is 0.319 e. The minimum Gasteiger partial charge on any atom is -0.319 e. The summed E-state index contributed by atoms with van der Waals surface area (Å²) in [7, 11) is 1.91. The van der Waals surface area contributed by atoms with Gasteiger partial charge in [0, 0.05) is 6.54 Å². The van der Waals surface area contributed by atoms with Crippen LogP contribution in [0.5, 0.6) is 0 Å². The fraction of sp³-hybridized carbons (Fsp3) is 0.333. The van der Waals surface area contributed by atoms with E-state index in [9.17, 15) is 9.59 Å². The minimum atomic E-state index is -0.969. The van der Waals surface area contributed by atoms with Crippen LogP contribution < -0.4 is 5.32 Å². The van der Waals surface area contributed by atoms with Crippen molar-refractivity contribution in [3.8, 4) is 0 Å². The minimum absolute atomic E-state index is 0.188. The van der Waals surface area contributed by atoms with Crippen molar-refractivity contribution >= 4 is 11.9 Å². The van der Waals surface area contributed by atoms with Gasteiger partial charge in [-0.25, -0.2) is 9.69 Å². The first kappa shape index (κ1) is 18.1. The Labute approximate surface area is 154 Å². The lowest BCUT2D eigenvalue weighted by molar-refractivity contribution is -0.133. The van der Waals surface area contributed by atoms with Crippen molar-refractivity contribution in [1.82, 2.24) is 15.1 Å². The third-order valence-corrected chi connectivity index (χ3v) is 4.93. The number of carbonyl (C=O) groups excluding carboxylic acids is 2. The maximum atomic E-state index is 13.1. The van der Waals surface area contributed by atoms with Gasteiger partial charge in [-0.1, -0.05) is 67.1 Å². The second-order valence-corrected chi connectivity index (χ2v) is 6.93. The number of aryl methyl sites for hydroxylation is 1. The van der Waals surface area contributed by atoms with Gasteiger partial charge >= 0.3 is 6.03 Å². The molecule has 1 heterocycles. The normalized spacial score (nSPS) is 19.9. The Morgan fingerprint density at radius 1 is 1.04 bits per heavy atom. The fourth-order valence-electron chi connectivity index (χ4n) is 3.41. The summed E-state index contributed by atoms with van der Waals surface area (Å²) in [6.07, 6.45) is 0.514. The number of nitrogens with one attached hydrogen (secondary N) is 1. The van der Waals surface area contributed by atoms with Gasteiger partial charge in [0.1, 0.15) is 5.54 Å². The number of imide groups is 1. The van der Waals surface area contributed by atoms with Crippen LogP contribution in [0.3, 0.4) is 0 Å². The predicted molar refractivity (Wildman–Crippen MR) is 101 cm³/mol. The van der Waals surface area contributed by atoms with E-state index in [1.165, 1.54) is 10.5 Å². The second kappa shape index (κ2) is 7.30. The first-order valence-corrected chi connectivity index (χ1v) is 8.90. The summed E-state index contributed by atoms with van der Waals surface area (Å²) in [4.78, 5) is 28.9. The van der Waals surface area contributed by atoms with Crippen LogP contribution in [-0.2, 0) is 16.9 Å². The molecular formula is C21H25N3O2. The Morgan fingerprint density at radius 2 is 1.69 bits per heavy atom. The van der Waals surface area contributed by atoms with Crippen LogP contribution in [0.4, 0.5) is 4.79 Å². The first-order chi connectivity index (χ1) is 12.5. The zero-order valence-electron chi connectivity index (χ0n) is 15.5. The summed E-state index contributed by atoms with van der Waals surface area (Å²) < 4.78 is 0. The summed E-state index contributed by atoms with van der Waals surface area (Å²) in [6.45, 7) is 4.90. The Bertz CT molecular complexity index is 789. The molecule has 2 aromatic carbocycles. The van der Waals surface area contributed by atoms with Crippen LogP contribution in [0.2, 0.25) is 0 Å². The molecule has 3 rings (SSSR count). The first-order valence-electron chi connectivity index (χ1n) is 8.90. The quantitative estimate of drug-likeness (QED) is 0.813. The molecule has 26 heavy (non-hydrogen) atoms. The van der Waals surface area contributed by atoms with E-state index in [1.54, 1.807) is 0 Å². The molecule has 1 N–H and O–H groups in total. The van der Waals surface area contributed by atoms with E-state index < -0.39 is 5.54 Å². The number of rotatable bonds is 6. The summed E-state index contributed by atoms with van der Waals surface area (Å²) >= 11 is 0. The molecule has 0 bridgehead atoms. The SMILES string of the molecule is CC[C@]1(c2ccccc2)NC(=O)N(CN(C)Cc2ccc(C)cc2)C1=O. The van der Waals surface area contributed by atoms with E-state index in [0.29, 0.717) is 13.0 Å². The molecule has 0 spiro atoms. The summed E-state index contributed by atoms with van der Waals surface area (Å²) in [5.41, 5.74) is 2.21. The highest BCUT2D eigenvalue weighted by molar-refractivity contribution is 6.07. The molecule has 3 amide bonds. The van der Waals surface area contributed by atoms with Gasteiger partial charge in [0.05, 0.1) is 6.67 Å². The molecule has 1 atom stereocenters. The van der Waals surface area contributed by atoms with E-state index in [0.717, 1.165) is 11.1 Å². The molecule has 136 valence electrons. The Hall–Kier alpha value is -2.66. The van der Waals surface area contributed by atoms with E-state index in [4.69, 9.17) is 0 Å². The van der Waals surface area contributed by atoms with Gasteiger partial charge in [0.15, 0.2) is 0 Å². The van der Waals surface area contributed by atoms with Gasteiger partial charge in [-0.2, -0.15) is 0 Å².